The molecule has 7 heteroatoms. The number of halogens is 1. The van der Waals surface area contributed by atoms with Crippen molar-refractivity contribution < 1.29 is 5.11 Å². The topological polar surface area (TPSA) is 73.3 Å². The lowest BCUT2D eigenvalue weighted by Gasteiger charge is -2.13. The maximum absolute atomic E-state index is 9.48. The highest BCUT2D eigenvalue weighted by molar-refractivity contribution is 6.33. The van der Waals surface area contributed by atoms with Gasteiger partial charge in [-0.1, -0.05) is 11.6 Å². The molecule has 1 aliphatic rings. The highest BCUT2D eigenvalue weighted by Crippen LogP contribution is 2.40. The van der Waals surface area contributed by atoms with E-state index < -0.39 is 0 Å². The van der Waals surface area contributed by atoms with E-state index in [0.29, 0.717) is 28.4 Å². The Hall–Kier alpha value is -2.05. The minimum Gasteiger partial charge on any atom is -0.508 e. The fourth-order valence-corrected chi connectivity index (χ4v) is 2.76. The third-order valence-corrected chi connectivity index (χ3v) is 4.33. The second-order valence-corrected chi connectivity index (χ2v) is 7.06. The van der Waals surface area contributed by atoms with E-state index in [9.17, 15) is 5.11 Å². The fraction of sp³-hybridized carbons (Fsp3) is 0.444. The second-order valence-electron chi connectivity index (χ2n) is 6.65. The van der Waals surface area contributed by atoms with Crippen molar-refractivity contribution in [3.63, 3.8) is 0 Å². The lowest BCUT2D eigenvalue weighted by Crippen LogP contribution is -2.17. The molecule has 1 saturated carbocycles. The molecule has 1 heterocycles. The molecule has 0 spiro atoms. The SMILES string of the molecule is CN(C)CCCNc1nc(Nc2ccc(O)cc2Cl)cc(C2CC2)n1. The van der Waals surface area contributed by atoms with Crippen LogP contribution in [0.2, 0.25) is 5.02 Å². The van der Waals surface area contributed by atoms with Crippen molar-refractivity contribution in [2.24, 2.45) is 0 Å². The summed E-state index contributed by atoms with van der Waals surface area (Å²) in [6.45, 7) is 1.84. The van der Waals surface area contributed by atoms with Gasteiger partial charge in [0.15, 0.2) is 0 Å². The molecular weight excluding hydrogens is 338 g/mol. The van der Waals surface area contributed by atoms with Crippen LogP contribution in [0.25, 0.3) is 0 Å². The summed E-state index contributed by atoms with van der Waals surface area (Å²) in [4.78, 5) is 11.3. The van der Waals surface area contributed by atoms with Gasteiger partial charge in [-0.05, 0) is 52.0 Å². The molecule has 1 aromatic heterocycles. The van der Waals surface area contributed by atoms with E-state index in [0.717, 1.165) is 25.2 Å². The first-order chi connectivity index (χ1) is 12.0. The standard InChI is InChI=1S/C18H24ClN5O/c1-24(2)9-3-8-20-18-22-16(12-4-5-12)11-17(23-18)21-15-7-6-13(25)10-14(15)19/h6-7,10-12,25H,3-5,8-9H2,1-2H3,(H2,20,21,22,23). The summed E-state index contributed by atoms with van der Waals surface area (Å²) in [5, 5.41) is 16.5. The van der Waals surface area contributed by atoms with Crippen LogP contribution in [-0.4, -0.2) is 47.2 Å². The number of benzene rings is 1. The number of phenols is 1. The lowest BCUT2D eigenvalue weighted by molar-refractivity contribution is 0.405. The van der Waals surface area contributed by atoms with Crippen LogP contribution in [0.1, 0.15) is 30.9 Å². The van der Waals surface area contributed by atoms with Crippen molar-refractivity contribution in [1.29, 1.82) is 0 Å². The zero-order valence-corrected chi connectivity index (χ0v) is 15.3. The summed E-state index contributed by atoms with van der Waals surface area (Å²) in [5.74, 6) is 2.02. The van der Waals surface area contributed by atoms with Crippen LogP contribution in [0, 0.1) is 0 Å². The third-order valence-electron chi connectivity index (χ3n) is 4.02. The van der Waals surface area contributed by atoms with Gasteiger partial charge in [0.25, 0.3) is 0 Å². The highest BCUT2D eigenvalue weighted by atomic mass is 35.5. The first kappa shape index (κ1) is 17.8. The van der Waals surface area contributed by atoms with Crippen molar-refractivity contribution in [3.8, 4) is 5.75 Å². The number of hydrogen-bond acceptors (Lipinski definition) is 6. The Morgan fingerprint density at radius 2 is 2.04 bits per heavy atom. The Bertz CT molecular complexity index is 733. The number of rotatable bonds is 8. The molecule has 1 fully saturated rings. The Kier molecular flexibility index (Phi) is 5.60. The molecule has 0 amide bonds. The number of hydrogen-bond donors (Lipinski definition) is 3. The summed E-state index contributed by atoms with van der Waals surface area (Å²) >= 11 is 6.18. The van der Waals surface area contributed by atoms with Crippen molar-refractivity contribution >= 4 is 29.1 Å². The zero-order valence-electron chi connectivity index (χ0n) is 14.6. The molecule has 0 radical (unpaired) electrons. The number of aromatic nitrogens is 2. The van der Waals surface area contributed by atoms with Crippen LogP contribution in [0.4, 0.5) is 17.5 Å². The predicted octanol–water partition coefficient (Wildman–Crippen LogP) is 3.82. The van der Waals surface area contributed by atoms with Gasteiger partial charge in [-0.2, -0.15) is 4.98 Å². The van der Waals surface area contributed by atoms with E-state index in [1.165, 1.54) is 18.9 Å². The number of nitrogens with one attached hydrogen (secondary N) is 2. The van der Waals surface area contributed by atoms with Gasteiger partial charge in [-0.25, -0.2) is 4.98 Å². The molecule has 1 aromatic carbocycles. The van der Waals surface area contributed by atoms with Crippen LogP contribution in [0.15, 0.2) is 24.3 Å². The Labute approximate surface area is 153 Å². The van der Waals surface area contributed by atoms with Gasteiger partial charge in [0.1, 0.15) is 11.6 Å². The largest absolute Gasteiger partial charge is 0.508 e. The minimum atomic E-state index is 0.139. The maximum Gasteiger partial charge on any atom is 0.224 e. The molecule has 0 unspecified atom stereocenters. The van der Waals surface area contributed by atoms with Gasteiger partial charge >= 0.3 is 0 Å². The highest BCUT2D eigenvalue weighted by Gasteiger charge is 2.26. The summed E-state index contributed by atoms with van der Waals surface area (Å²) in [7, 11) is 4.13. The summed E-state index contributed by atoms with van der Waals surface area (Å²) in [6, 6.07) is 6.82. The summed E-state index contributed by atoms with van der Waals surface area (Å²) < 4.78 is 0. The van der Waals surface area contributed by atoms with Crippen LogP contribution in [-0.2, 0) is 0 Å². The van der Waals surface area contributed by atoms with E-state index >= 15 is 0 Å². The fourth-order valence-electron chi connectivity index (χ4n) is 2.54. The molecule has 0 bridgehead atoms. The smallest absolute Gasteiger partial charge is 0.224 e. The van der Waals surface area contributed by atoms with E-state index in [1.54, 1.807) is 12.1 Å². The molecule has 1 aliphatic carbocycles. The van der Waals surface area contributed by atoms with Crippen LogP contribution < -0.4 is 10.6 Å². The van der Waals surface area contributed by atoms with Gasteiger partial charge < -0.3 is 20.6 Å². The lowest BCUT2D eigenvalue weighted by atomic mass is 10.2. The van der Waals surface area contributed by atoms with Crippen LogP contribution >= 0.6 is 11.6 Å². The molecule has 3 N–H and O–H groups in total. The Morgan fingerprint density at radius 3 is 2.72 bits per heavy atom. The van der Waals surface area contributed by atoms with Crippen LogP contribution in [0.3, 0.4) is 0 Å². The van der Waals surface area contributed by atoms with Crippen molar-refractivity contribution in [1.82, 2.24) is 14.9 Å². The normalized spacial score (nSPS) is 13.9. The molecule has 134 valence electrons. The van der Waals surface area contributed by atoms with Crippen LogP contribution in [0.5, 0.6) is 5.75 Å². The maximum atomic E-state index is 9.48. The molecule has 6 nitrogen and oxygen atoms in total. The first-order valence-corrected chi connectivity index (χ1v) is 8.92. The molecule has 0 atom stereocenters. The van der Waals surface area contributed by atoms with Gasteiger partial charge in [0.05, 0.1) is 16.4 Å². The number of nitrogens with zero attached hydrogens (tertiary/aromatic N) is 3. The molecular formula is C18H24ClN5O. The van der Waals surface area contributed by atoms with Gasteiger partial charge in [0, 0.05) is 24.6 Å². The molecule has 0 saturated heterocycles. The number of aromatic hydroxyl groups is 1. The minimum absolute atomic E-state index is 0.139. The quantitative estimate of drug-likeness (QED) is 0.490. The van der Waals surface area contributed by atoms with Crippen molar-refractivity contribution in [3.05, 3.63) is 35.0 Å². The van der Waals surface area contributed by atoms with E-state index in [-0.39, 0.29) is 5.75 Å². The first-order valence-electron chi connectivity index (χ1n) is 8.54. The molecule has 3 rings (SSSR count). The van der Waals surface area contributed by atoms with Crippen molar-refractivity contribution in [2.45, 2.75) is 25.2 Å². The monoisotopic (exact) mass is 361 g/mol. The van der Waals surface area contributed by atoms with E-state index in [1.807, 2.05) is 6.07 Å². The van der Waals surface area contributed by atoms with E-state index in [2.05, 4.69) is 39.6 Å². The van der Waals surface area contributed by atoms with Crippen molar-refractivity contribution in [2.75, 3.05) is 37.8 Å². The average molecular weight is 362 g/mol. The van der Waals surface area contributed by atoms with Gasteiger partial charge in [0.2, 0.25) is 5.95 Å². The zero-order chi connectivity index (χ0) is 17.8. The third kappa shape index (κ3) is 5.21. The second kappa shape index (κ2) is 7.89. The Balaban J connectivity index is 1.73. The Morgan fingerprint density at radius 1 is 1.24 bits per heavy atom. The summed E-state index contributed by atoms with van der Waals surface area (Å²) in [5.41, 5.74) is 1.76. The van der Waals surface area contributed by atoms with E-state index in [4.69, 9.17) is 11.6 Å². The molecule has 0 aliphatic heterocycles. The number of anilines is 3. The summed E-state index contributed by atoms with van der Waals surface area (Å²) in [6.07, 6.45) is 3.38. The predicted molar refractivity (Wildman–Crippen MR) is 102 cm³/mol. The molecule has 25 heavy (non-hydrogen) atoms. The average Bonchev–Trinajstić information content (AvgIpc) is 3.39. The van der Waals surface area contributed by atoms with Gasteiger partial charge in [-0.15, -0.1) is 0 Å². The number of phenolic OH excluding ortho intramolecular Hbond substituents is 1. The van der Waals surface area contributed by atoms with Gasteiger partial charge in [-0.3, -0.25) is 0 Å². The molecule has 2 aromatic rings.